The Morgan fingerprint density at radius 2 is 2.04 bits per heavy atom. The number of anilines is 1. The minimum Gasteiger partial charge on any atom is -0.366 e. The van der Waals surface area contributed by atoms with Crippen LogP contribution < -0.4 is 16.4 Å². The van der Waals surface area contributed by atoms with Gasteiger partial charge in [-0.1, -0.05) is 0 Å². The zero-order valence-corrected chi connectivity index (χ0v) is 15.7. The molecule has 0 radical (unpaired) electrons. The van der Waals surface area contributed by atoms with Crippen LogP contribution in [0.4, 0.5) is 9.80 Å². The van der Waals surface area contributed by atoms with Crippen molar-refractivity contribution in [3.8, 4) is 0 Å². The summed E-state index contributed by atoms with van der Waals surface area (Å²) in [5.41, 5.74) is 5.20. The van der Waals surface area contributed by atoms with Crippen LogP contribution in [0.25, 0.3) is 0 Å². The first kappa shape index (κ1) is 17.7. The number of nitrogens with zero attached hydrogens (tertiary/aromatic N) is 1. The molecule has 1 aliphatic heterocycles. The number of thiophene rings is 2. The number of imide groups is 1. The number of hydrogen-bond donors (Lipinski definition) is 3. The van der Waals surface area contributed by atoms with E-state index in [-0.39, 0.29) is 5.56 Å². The first-order valence-corrected chi connectivity index (χ1v) is 10.1. The van der Waals surface area contributed by atoms with Crippen molar-refractivity contribution in [2.75, 3.05) is 11.9 Å². The second-order valence-corrected chi connectivity index (χ2v) is 8.33. The van der Waals surface area contributed by atoms with Gasteiger partial charge in [0.2, 0.25) is 5.91 Å². The average molecular weight is 404 g/mol. The molecular weight excluding hydrogens is 388 g/mol. The predicted octanol–water partition coefficient (Wildman–Crippen LogP) is 1.63. The fourth-order valence-electron chi connectivity index (χ4n) is 3.59. The molecule has 1 aliphatic carbocycles. The third kappa shape index (κ3) is 2.81. The quantitative estimate of drug-likeness (QED) is 0.671. The standard InChI is InChI=1S/C17H16N4O4S2/c18-13(23)9-3-6-27-14(9)19-12(22)8-21-15(24)17(20-16(21)25)5-1-2-11-10(17)4-7-26-11/h3-4,6-7H,1-2,5,8H2,(H2,18,23)(H,19,22)(H,20,25). The third-order valence-corrected chi connectivity index (χ3v) is 6.63. The van der Waals surface area contributed by atoms with Crippen molar-refractivity contribution in [3.63, 3.8) is 0 Å². The number of hydrogen-bond acceptors (Lipinski definition) is 6. The fraction of sp³-hybridized carbons (Fsp3) is 0.294. The lowest BCUT2D eigenvalue weighted by Gasteiger charge is -2.31. The van der Waals surface area contributed by atoms with Crippen LogP contribution in [0.1, 0.15) is 33.6 Å². The molecule has 0 saturated carbocycles. The maximum Gasteiger partial charge on any atom is 0.325 e. The highest BCUT2D eigenvalue weighted by molar-refractivity contribution is 7.14. The number of primary amides is 1. The van der Waals surface area contributed by atoms with E-state index in [9.17, 15) is 19.2 Å². The molecular formula is C17H16N4O4S2. The van der Waals surface area contributed by atoms with E-state index in [4.69, 9.17) is 5.73 Å². The van der Waals surface area contributed by atoms with Gasteiger partial charge >= 0.3 is 6.03 Å². The predicted molar refractivity (Wildman–Crippen MR) is 101 cm³/mol. The van der Waals surface area contributed by atoms with Crippen LogP contribution in [-0.4, -0.2) is 35.2 Å². The molecule has 2 aromatic heterocycles. The summed E-state index contributed by atoms with van der Waals surface area (Å²) in [6, 6.07) is 2.78. The van der Waals surface area contributed by atoms with E-state index >= 15 is 0 Å². The molecule has 0 bridgehead atoms. The molecule has 140 valence electrons. The zero-order valence-electron chi connectivity index (χ0n) is 14.1. The first-order valence-electron chi connectivity index (χ1n) is 8.30. The molecule has 10 heteroatoms. The Balaban J connectivity index is 1.53. The highest BCUT2D eigenvalue weighted by Gasteiger charge is 2.54. The van der Waals surface area contributed by atoms with Gasteiger partial charge in [0, 0.05) is 10.4 Å². The van der Waals surface area contributed by atoms with E-state index in [0.717, 1.165) is 39.5 Å². The maximum absolute atomic E-state index is 13.1. The second-order valence-electron chi connectivity index (χ2n) is 6.41. The molecule has 2 aliphatic rings. The summed E-state index contributed by atoms with van der Waals surface area (Å²) >= 11 is 2.71. The van der Waals surface area contributed by atoms with Gasteiger partial charge in [-0.05, 0) is 42.2 Å². The van der Waals surface area contributed by atoms with E-state index in [2.05, 4.69) is 10.6 Å². The Morgan fingerprint density at radius 3 is 2.81 bits per heavy atom. The molecule has 1 saturated heterocycles. The van der Waals surface area contributed by atoms with E-state index in [1.807, 2.05) is 11.4 Å². The average Bonchev–Trinajstić information content (AvgIpc) is 3.32. The number of urea groups is 1. The summed E-state index contributed by atoms with van der Waals surface area (Å²) in [5, 5.41) is 9.18. The smallest absolute Gasteiger partial charge is 0.325 e. The van der Waals surface area contributed by atoms with Crippen LogP contribution in [0.2, 0.25) is 0 Å². The Labute approximate surface area is 162 Å². The van der Waals surface area contributed by atoms with Gasteiger partial charge in [0.15, 0.2) is 0 Å². The monoisotopic (exact) mass is 404 g/mol. The number of aryl methyl sites for hydroxylation is 1. The highest BCUT2D eigenvalue weighted by atomic mass is 32.1. The van der Waals surface area contributed by atoms with Gasteiger partial charge in [0.1, 0.15) is 17.1 Å². The van der Waals surface area contributed by atoms with Gasteiger partial charge in [-0.25, -0.2) is 4.79 Å². The van der Waals surface area contributed by atoms with Crippen LogP contribution in [0.15, 0.2) is 22.9 Å². The number of fused-ring (bicyclic) bond motifs is 2. The summed E-state index contributed by atoms with van der Waals surface area (Å²) in [6.07, 6.45) is 2.18. The zero-order chi connectivity index (χ0) is 19.2. The van der Waals surface area contributed by atoms with Crippen molar-refractivity contribution in [2.24, 2.45) is 5.73 Å². The summed E-state index contributed by atoms with van der Waals surface area (Å²) < 4.78 is 0. The molecule has 1 atom stereocenters. The van der Waals surface area contributed by atoms with Gasteiger partial charge < -0.3 is 16.4 Å². The van der Waals surface area contributed by atoms with Crippen molar-refractivity contribution >= 4 is 51.4 Å². The summed E-state index contributed by atoms with van der Waals surface area (Å²) in [5.74, 6) is -1.64. The summed E-state index contributed by atoms with van der Waals surface area (Å²) in [7, 11) is 0. The van der Waals surface area contributed by atoms with Crippen LogP contribution >= 0.6 is 22.7 Å². The van der Waals surface area contributed by atoms with Gasteiger partial charge in [0.25, 0.3) is 11.8 Å². The molecule has 2 aromatic rings. The van der Waals surface area contributed by atoms with Gasteiger partial charge in [-0.2, -0.15) is 0 Å². The normalized spacial score (nSPS) is 21.3. The third-order valence-electron chi connectivity index (χ3n) is 4.82. The number of nitrogens with one attached hydrogen (secondary N) is 2. The maximum atomic E-state index is 13.1. The molecule has 4 N–H and O–H groups in total. The molecule has 0 aromatic carbocycles. The van der Waals surface area contributed by atoms with Crippen molar-refractivity contribution in [2.45, 2.75) is 24.8 Å². The van der Waals surface area contributed by atoms with Gasteiger partial charge in [0.05, 0.1) is 5.56 Å². The highest BCUT2D eigenvalue weighted by Crippen LogP contribution is 2.42. The Kier molecular flexibility index (Phi) is 4.23. The summed E-state index contributed by atoms with van der Waals surface area (Å²) in [4.78, 5) is 51.3. The van der Waals surface area contributed by atoms with Crippen LogP contribution in [0, 0.1) is 0 Å². The molecule has 5 amide bonds. The minimum absolute atomic E-state index is 0.192. The lowest BCUT2D eigenvalue weighted by atomic mass is 9.80. The molecule has 27 heavy (non-hydrogen) atoms. The first-order chi connectivity index (χ1) is 12.9. The molecule has 4 rings (SSSR count). The Hall–Kier alpha value is -2.72. The van der Waals surface area contributed by atoms with Crippen molar-refractivity contribution in [1.29, 1.82) is 0 Å². The topological polar surface area (TPSA) is 122 Å². The molecule has 3 heterocycles. The van der Waals surface area contributed by atoms with E-state index in [1.165, 1.54) is 6.07 Å². The largest absolute Gasteiger partial charge is 0.366 e. The van der Waals surface area contributed by atoms with Crippen LogP contribution in [0.3, 0.4) is 0 Å². The number of amides is 5. The molecule has 1 fully saturated rings. The SMILES string of the molecule is NC(=O)c1ccsc1NC(=O)CN1C(=O)NC2(CCCc3sccc32)C1=O. The lowest BCUT2D eigenvalue weighted by Crippen LogP contribution is -2.46. The number of nitrogens with two attached hydrogens (primary N) is 1. The molecule has 8 nitrogen and oxygen atoms in total. The van der Waals surface area contributed by atoms with E-state index < -0.39 is 35.8 Å². The number of carbonyl (C=O) groups is 4. The van der Waals surface area contributed by atoms with E-state index in [0.29, 0.717) is 11.4 Å². The Morgan fingerprint density at radius 1 is 1.26 bits per heavy atom. The minimum atomic E-state index is -1.08. The van der Waals surface area contributed by atoms with Crippen molar-refractivity contribution < 1.29 is 19.2 Å². The number of carbonyl (C=O) groups excluding carboxylic acids is 4. The lowest BCUT2D eigenvalue weighted by molar-refractivity contribution is -0.134. The molecule has 1 unspecified atom stereocenters. The number of rotatable bonds is 4. The Bertz CT molecular complexity index is 966. The fourth-order valence-corrected chi connectivity index (χ4v) is 5.40. The molecule has 1 spiro atoms. The van der Waals surface area contributed by atoms with E-state index in [1.54, 1.807) is 16.7 Å². The van der Waals surface area contributed by atoms with Crippen LogP contribution in [0.5, 0.6) is 0 Å². The van der Waals surface area contributed by atoms with Crippen molar-refractivity contribution in [1.82, 2.24) is 10.2 Å². The van der Waals surface area contributed by atoms with Gasteiger partial charge in [-0.15, -0.1) is 22.7 Å². The van der Waals surface area contributed by atoms with Crippen LogP contribution in [-0.2, 0) is 21.5 Å². The van der Waals surface area contributed by atoms with Crippen molar-refractivity contribution in [3.05, 3.63) is 38.9 Å². The van der Waals surface area contributed by atoms with Gasteiger partial charge in [-0.3, -0.25) is 19.3 Å². The summed E-state index contributed by atoms with van der Waals surface area (Å²) in [6.45, 7) is -0.429. The second kappa shape index (κ2) is 6.46.